The lowest BCUT2D eigenvalue weighted by Gasteiger charge is -2.26. The van der Waals surface area contributed by atoms with Crippen molar-refractivity contribution in [2.75, 3.05) is 52.5 Å². The molecule has 3 fully saturated rings. The molecule has 3 heterocycles. The number of hydrogen-bond acceptors (Lipinski definition) is 16. The van der Waals surface area contributed by atoms with E-state index in [0.717, 1.165) is 74.8 Å². The first-order valence-corrected chi connectivity index (χ1v) is 27.5. The van der Waals surface area contributed by atoms with E-state index in [9.17, 15) is 42.7 Å². The van der Waals surface area contributed by atoms with E-state index in [1.807, 2.05) is 112 Å². The van der Waals surface area contributed by atoms with Crippen molar-refractivity contribution in [1.29, 1.82) is 0 Å². The molecule has 3 aromatic carbocycles. The quantitative estimate of drug-likeness (QED) is 0.0705. The van der Waals surface area contributed by atoms with Gasteiger partial charge in [0.25, 0.3) is 12.3 Å². The first-order valence-electron chi connectivity index (χ1n) is 27.5. The van der Waals surface area contributed by atoms with Crippen LogP contribution in [0.5, 0.6) is 0 Å². The van der Waals surface area contributed by atoms with E-state index < -0.39 is 0 Å². The number of likely N-dealkylation sites (tertiary alicyclic amines) is 3. The van der Waals surface area contributed by atoms with Crippen molar-refractivity contribution in [3.05, 3.63) is 108 Å². The van der Waals surface area contributed by atoms with Gasteiger partial charge in [-0.1, -0.05) is 119 Å². The number of halogens is 3. The molecular weight excluding hydrogens is 1100 g/mol. The number of benzene rings is 3. The summed E-state index contributed by atoms with van der Waals surface area (Å²) in [5, 5.41) is 5.82. The minimum absolute atomic E-state index is 0.0923. The summed E-state index contributed by atoms with van der Waals surface area (Å²) in [6.07, 6.45) is 7.84. The molecule has 0 saturated carbocycles. The molecule has 2 unspecified atom stereocenters. The van der Waals surface area contributed by atoms with Gasteiger partial charge in [-0.3, -0.25) is 24.0 Å². The number of ether oxygens (including phenoxy) is 4. The van der Waals surface area contributed by atoms with E-state index in [1.54, 1.807) is 21.6 Å². The first kappa shape index (κ1) is 80.2. The van der Waals surface area contributed by atoms with Gasteiger partial charge in [0.1, 0.15) is 37.2 Å². The highest BCUT2D eigenvalue weighted by Crippen LogP contribution is 2.20. The van der Waals surface area contributed by atoms with Crippen LogP contribution in [-0.4, -0.2) is 135 Å². The van der Waals surface area contributed by atoms with Gasteiger partial charge < -0.3 is 38.0 Å². The van der Waals surface area contributed by atoms with Crippen LogP contribution in [0.15, 0.2) is 101 Å². The fourth-order valence-corrected chi connectivity index (χ4v) is 7.65. The maximum absolute atomic E-state index is 12.1. The lowest BCUT2D eigenvalue weighted by atomic mass is 9.92. The summed E-state index contributed by atoms with van der Waals surface area (Å²) in [6.45, 7) is 17.0. The Labute approximate surface area is 491 Å². The van der Waals surface area contributed by atoms with E-state index >= 15 is 0 Å². The van der Waals surface area contributed by atoms with E-state index in [2.05, 4.69) is 17.2 Å². The van der Waals surface area contributed by atoms with Crippen molar-refractivity contribution in [1.82, 2.24) is 14.7 Å². The predicted octanol–water partition coefficient (Wildman–Crippen LogP) is 11.1. The Hall–Kier alpha value is -8.01. The number of amides is 5. The van der Waals surface area contributed by atoms with Gasteiger partial charge in [-0.15, -0.1) is 10.2 Å². The van der Waals surface area contributed by atoms with Crippen molar-refractivity contribution >= 4 is 67.8 Å². The van der Waals surface area contributed by atoms with Crippen LogP contribution >= 0.6 is 0 Å². The van der Waals surface area contributed by atoms with Crippen molar-refractivity contribution < 1.29 is 89.9 Å². The van der Waals surface area contributed by atoms with Gasteiger partial charge in [0, 0.05) is 106 Å². The van der Waals surface area contributed by atoms with Crippen LogP contribution in [0.2, 0.25) is 6.82 Å². The molecule has 6 rings (SSSR count). The number of Topliss-reactive ketones (excluding diaryl/α,β-unsaturated/α-hetero) is 3. The molecule has 84 heavy (non-hydrogen) atoms. The second kappa shape index (κ2) is 56.8. The lowest BCUT2D eigenvalue weighted by molar-refractivity contribution is -0.193. The molecule has 21 nitrogen and oxygen atoms in total. The highest BCUT2D eigenvalue weighted by atomic mass is 20.0. The standard InChI is InChI=1S/2C17H23NO3.C14H17NO3.C4H6N2O2.C4H10O.CH3BF.2CO2.F2/c1-2-15-10-12-18(11-6-9-16(15)19)17(20)21-13-14-7-4-3-5-8-14;1-2-15-9-6-11-18(12-10-16(15)19)17(20)21-13-14-7-4-3-5-8-14;16-13-7-4-9-15(10-8-13)14(17)18-11-12-5-2-1-3-6-12;1-2-4(8)6-5-3-7;1-3-5-4-2;1-2-3;2*2-1-3;1-2/h2*3-5,7-8,15H,2,6,9-13H2,1H3;1-3,5-6H,4,7-11H2;3H,2H2,1H3;3-4H2,1-2H3;1H3;;;. The molecule has 0 bridgehead atoms. The summed E-state index contributed by atoms with van der Waals surface area (Å²) < 4.78 is 46.9. The fourth-order valence-electron chi connectivity index (χ4n) is 7.65. The van der Waals surface area contributed by atoms with Gasteiger partial charge in [0.15, 0.2) is 0 Å². The summed E-state index contributed by atoms with van der Waals surface area (Å²) in [7, 11) is 0.500. The molecule has 2 atom stereocenters. The minimum Gasteiger partial charge on any atom is -0.445 e. The fraction of sp³-hybridized carbons (Fsp3) is 0.525. The Morgan fingerprint density at radius 1 is 0.560 bits per heavy atom. The number of carbonyl (C=O) groups is 8. The Balaban J connectivity index is -0.000000984. The van der Waals surface area contributed by atoms with Gasteiger partial charge in [0.2, 0.25) is 0 Å². The van der Waals surface area contributed by atoms with Crippen molar-refractivity contribution in [3.8, 4) is 0 Å². The third-order valence-corrected chi connectivity index (χ3v) is 12.0. The summed E-state index contributed by atoms with van der Waals surface area (Å²) in [4.78, 5) is 128. The van der Waals surface area contributed by atoms with Gasteiger partial charge in [0.05, 0.1) is 0 Å². The molecule has 463 valence electrons. The normalized spacial score (nSPS) is 15.2. The number of nitrogens with zero attached hydrogens (tertiary/aromatic N) is 5. The molecule has 3 aromatic rings. The number of carbonyl (C=O) groups excluding carboxylic acids is 12. The Morgan fingerprint density at radius 3 is 1.29 bits per heavy atom. The number of rotatable bonds is 12. The molecule has 3 aliphatic heterocycles. The second-order valence-electron chi connectivity index (χ2n) is 17.6. The Bertz CT molecular complexity index is 2320. The monoisotopic (exact) mass is 1180 g/mol. The molecule has 5 amide bonds. The van der Waals surface area contributed by atoms with Crippen LogP contribution in [0, 0.1) is 11.8 Å². The molecule has 25 heteroatoms. The van der Waals surface area contributed by atoms with Crippen molar-refractivity contribution in [3.63, 3.8) is 0 Å². The van der Waals surface area contributed by atoms with E-state index in [0.29, 0.717) is 84.9 Å². The van der Waals surface area contributed by atoms with Crippen LogP contribution in [-0.2, 0) is 81.9 Å². The predicted molar refractivity (Wildman–Crippen MR) is 302 cm³/mol. The summed E-state index contributed by atoms with van der Waals surface area (Å²) in [5.41, 5.74) is 2.93. The lowest BCUT2D eigenvalue weighted by Crippen LogP contribution is -2.37. The first-order chi connectivity index (χ1) is 40.6. The SMILES string of the molecule is CCC(=O)N=NC=O.CCC1CCCN(C(=O)OCc2ccccc2)CCC1=O.CCC1CCN(C(=O)OCc2ccccc2)CCCC1=O.CCOCC.C[B]F.FF.O=C1CCCN(C(=O)OCc2ccccc2)CC1.O=C=O.O=C=O. The molecular formula is C59H82BF3N5O16. The highest BCUT2D eigenvalue weighted by molar-refractivity contribution is 6.23. The summed E-state index contributed by atoms with van der Waals surface area (Å²) in [6, 6.07) is 28.9. The molecule has 0 spiro atoms. The number of ketones is 3. The second-order valence-corrected chi connectivity index (χ2v) is 17.6. The van der Waals surface area contributed by atoms with Crippen LogP contribution in [0.4, 0.5) is 27.8 Å². The average molecular weight is 1190 g/mol. The van der Waals surface area contributed by atoms with Gasteiger partial charge in [-0.05, 0) is 75.5 Å². The largest absolute Gasteiger partial charge is 0.445 e. The van der Waals surface area contributed by atoms with Crippen molar-refractivity contribution in [2.45, 2.75) is 138 Å². The Kier molecular flexibility index (Phi) is 54.3. The van der Waals surface area contributed by atoms with Crippen LogP contribution in [0.1, 0.15) is 128 Å². The molecule has 0 N–H and O–H groups in total. The third-order valence-electron chi connectivity index (χ3n) is 12.0. The number of hydrogen-bond donors (Lipinski definition) is 0. The zero-order valence-electron chi connectivity index (χ0n) is 49.1. The third kappa shape index (κ3) is 42.8. The molecule has 0 aliphatic carbocycles. The van der Waals surface area contributed by atoms with Gasteiger partial charge in [-0.25, -0.2) is 14.4 Å². The summed E-state index contributed by atoms with van der Waals surface area (Å²) in [5.74, 6) is 0.737. The zero-order valence-corrected chi connectivity index (χ0v) is 49.1. The Morgan fingerprint density at radius 2 is 0.917 bits per heavy atom. The number of azo groups is 1. The molecule has 1 radical (unpaired) electrons. The molecule has 0 aromatic heterocycles. The van der Waals surface area contributed by atoms with Crippen LogP contribution in [0.3, 0.4) is 0 Å². The van der Waals surface area contributed by atoms with Crippen LogP contribution in [0.25, 0.3) is 0 Å². The zero-order chi connectivity index (χ0) is 63.6. The van der Waals surface area contributed by atoms with Crippen LogP contribution < -0.4 is 0 Å². The maximum Gasteiger partial charge on any atom is 0.410 e. The maximum atomic E-state index is 12.1. The van der Waals surface area contributed by atoms with Gasteiger partial charge in [-0.2, -0.15) is 19.2 Å². The molecule has 3 saturated heterocycles. The molecule has 3 aliphatic rings. The topological polar surface area (TPSA) is 276 Å². The van der Waals surface area contributed by atoms with Gasteiger partial charge >= 0.3 is 38.1 Å². The van der Waals surface area contributed by atoms with Crippen molar-refractivity contribution in [2.24, 2.45) is 22.1 Å². The highest BCUT2D eigenvalue weighted by Gasteiger charge is 2.26. The summed E-state index contributed by atoms with van der Waals surface area (Å²) >= 11 is 0. The smallest absolute Gasteiger partial charge is 0.410 e. The average Bonchev–Trinajstić information content (AvgIpc) is 3.79. The minimum atomic E-state index is -0.378. The van der Waals surface area contributed by atoms with E-state index in [1.165, 1.54) is 6.82 Å². The van der Waals surface area contributed by atoms with E-state index in [-0.39, 0.29) is 85.9 Å². The van der Waals surface area contributed by atoms with E-state index in [4.69, 9.17) is 47.3 Å².